The van der Waals surface area contributed by atoms with Crippen LogP contribution in [0.15, 0.2) is 0 Å². The van der Waals surface area contributed by atoms with Crippen LogP contribution in [0.3, 0.4) is 0 Å². The molecular formula is C5H9O. The van der Waals surface area contributed by atoms with Gasteiger partial charge in [-0.15, -0.1) is 0 Å². The molecule has 1 nitrogen and oxygen atoms in total. The first kappa shape index (κ1) is 4.13. The molecule has 0 aromatic heterocycles. The number of aliphatic hydroxyl groups is 1. The minimum absolute atomic E-state index is 0.181. The van der Waals surface area contributed by atoms with Crippen molar-refractivity contribution in [3.63, 3.8) is 0 Å². The molecule has 35 valence electrons. The molecule has 0 spiro atoms. The highest BCUT2D eigenvalue weighted by Crippen LogP contribution is 2.51. The van der Waals surface area contributed by atoms with E-state index in [-0.39, 0.29) is 5.41 Å². The van der Waals surface area contributed by atoms with Crippen LogP contribution in [0.5, 0.6) is 0 Å². The fourth-order valence-electron chi connectivity index (χ4n) is 0.374. The molecule has 1 radical (unpaired) electrons. The molecule has 0 aromatic carbocycles. The van der Waals surface area contributed by atoms with Gasteiger partial charge in [0.25, 0.3) is 0 Å². The van der Waals surface area contributed by atoms with Gasteiger partial charge in [-0.2, -0.15) is 0 Å². The Morgan fingerprint density at radius 1 is 1.67 bits per heavy atom. The second-order valence-corrected chi connectivity index (χ2v) is 2.51. The van der Waals surface area contributed by atoms with Crippen molar-refractivity contribution in [2.45, 2.75) is 20.3 Å². The Bertz CT molecular complexity index is 66.3. The SMILES string of the molecule is CC1(C)C[C]1O. The second kappa shape index (κ2) is 0.784. The van der Waals surface area contributed by atoms with Gasteiger partial charge in [-0.05, 0) is 11.8 Å². The van der Waals surface area contributed by atoms with Crippen LogP contribution in [0.25, 0.3) is 0 Å². The van der Waals surface area contributed by atoms with E-state index >= 15 is 0 Å². The molecular weight excluding hydrogens is 76.1 g/mol. The molecule has 1 rings (SSSR count). The summed E-state index contributed by atoms with van der Waals surface area (Å²) in [6.07, 6.45) is 1.56. The smallest absolute Gasteiger partial charge is 0.0996 e. The van der Waals surface area contributed by atoms with Crippen LogP contribution in [-0.4, -0.2) is 5.11 Å². The Labute approximate surface area is 38.0 Å². The van der Waals surface area contributed by atoms with Gasteiger partial charge in [-0.1, -0.05) is 13.8 Å². The van der Waals surface area contributed by atoms with Crippen LogP contribution < -0.4 is 0 Å². The summed E-state index contributed by atoms with van der Waals surface area (Å²) in [7, 11) is 0. The van der Waals surface area contributed by atoms with Crippen molar-refractivity contribution in [1.29, 1.82) is 0 Å². The Kier molecular flexibility index (Phi) is 0.539. The van der Waals surface area contributed by atoms with E-state index in [4.69, 9.17) is 5.11 Å². The third-order valence-corrected chi connectivity index (χ3v) is 1.27. The summed E-state index contributed by atoms with van der Waals surface area (Å²) >= 11 is 0. The van der Waals surface area contributed by atoms with Gasteiger partial charge in [0.2, 0.25) is 0 Å². The van der Waals surface area contributed by atoms with Crippen LogP contribution in [-0.2, 0) is 0 Å². The largest absolute Gasteiger partial charge is 0.386 e. The first-order valence-corrected chi connectivity index (χ1v) is 2.18. The van der Waals surface area contributed by atoms with Gasteiger partial charge < -0.3 is 5.11 Å². The zero-order valence-corrected chi connectivity index (χ0v) is 4.15. The lowest BCUT2D eigenvalue weighted by Gasteiger charge is -1.89. The predicted octanol–water partition coefficient (Wildman–Crippen LogP) is 1.32. The lowest BCUT2D eigenvalue weighted by molar-refractivity contribution is 0.334. The molecule has 0 saturated heterocycles. The van der Waals surface area contributed by atoms with E-state index < -0.39 is 0 Å². The summed E-state index contributed by atoms with van der Waals surface area (Å²) in [6, 6.07) is 0. The minimum Gasteiger partial charge on any atom is -0.386 e. The van der Waals surface area contributed by atoms with E-state index in [1.807, 2.05) is 13.8 Å². The van der Waals surface area contributed by atoms with Crippen molar-refractivity contribution in [3.05, 3.63) is 6.10 Å². The maximum atomic E-state index is 8.61. The van der Waals surface area contributed by atoms with Crippen LogP contribution in [0, 0.1) is 11.5 Å². The van der Waals surface area contributed by atoms with Gasteiger partial charge in [0, 0.05) is 0 Å². The molecule has 1 N–H and O–H groups in total. The fraction of sp³-hybridized carbons (Fsp3) is 0.800. The highest BCUT2D eigenvalue weighted by Gasteiger charge is 2.45. The molecule has 0 aromatic rings. The van der Waals surface area contributed by atoms with E-state index in [0.29, 0.717) is 6.10 Å². The maximum Gasteiger partial charge on any atom is 0.0996 e. The highest BCUT2D eigenvalue weighted by atomic mass is 16.3. The maximum absolute atomic E-state index is 8.61. The van der Waals surface area contributed by atoms with E-state index in [9.17, 15) is 0 Å². The predicted molar refractivity (Wildman–Crippen MR) is 23.6 cm³/mol. The van der Waals surface area contributed by atoms with Crippen molar-refractivity contribution in [3.8, 4) is 0 Å². The Balaban J connectivity index is 2.41. The number of rotatable bonds is 0. The topological polar surface area (TPSA) is 20.2 Å². The van der Waals surface area contributed by atoms with Crippen LogP contribution in [0.1, 0.15) is 20.3 Å². The summed E-state index contributed by atoms with van der Waals surface area (Å²) in [4.78, 5) is 0. The highest BCUT2D eigenvalue weighted by molar-refractivity contribution is 5.11. The Hall–Kier alpha value is -0.0400. The quantitative estimate of drug-likeness (QED) is 0.470. The monoisotopic (exact) mass is 85.1 g/mol. The van der Waals surface area contributed by atoms with Gasteiger partial charge in [0.15, 0.2) is 0 Å². The zero-order chi connectivity index (χ0) is 4.78. The zero-order valence-electron chi connectivity index (χ0n) is 4.15. The van der Waals surface area contributed by atoms with Crippen LogP contribution in [0.4, 0.5) is 0 Å². The summed E-state index contributed by atoms with van der Waals surface area (Å²) in [5.74, 6) is 0. The molecule has 0 unspecified atom stereocenters. The molecule has 0 aliphatic heterocycles. The number of aliphatic hydroxyl groups excluding tert-OH is 1. The average molecular weight is 85.1 g/mol. The molecule has 0 atom stereocenters. The molecule has 1 fully saturated rings. The second-order valence-electron chi connectivity index (χ2n) is 2.51. The molecule has 6 heavy (non-hydrogen) atoms. The summed E-state index contributed by atoms with van der Waals surface area (Å²) in [5, 5.41) is 8.61. The van der Waals surface area contributed by atoms with Gasteiger partial charge in [-0.3, -0.25) is 0 Å². The Morgan fingerprint density at radius 3 is 1.83 bits per heavy atom. The Morgan fingerprint density at radius 2 is 1.83 bits per heavy atom. The van der Waals surface area contributed by atoms with Crippen LogP contribution >= 0.6 is 0 Å². The van der Waals surface area contributed by atoms with E-state index in [1.54, 1.807) is 0 Å². The standard InChI is InChI=1S/C5H9O/c1-5(2)3-4(5)6/h6H,3H2,1-2H3. The third kappa shape index (κ3) is 0.432. The minimum atomic E-state index is 0.181. The van der Waals surface area contributed by atoms with Crippen molar-refractivity contribution in [2.24, 2.45) is 5.41 Å². The molecule has 1 saturated carbocycles. The lowest BCUT2D eigenvalue weighted by Crippen LogP contribution is -1.83. The summed E-state index contributed by atoms with van der Waals surface area (Å²) < 4.78 is 0. The average Bonchev–Trinajstić information content (AvgIpc) is 1.73. The van der Waals surface area contributed by atoms with E-state index in [1.165, 1.54) is 0 Å². The first-order valence-electron chi connectivity index (χ1n) is 2.18. The van der Waals surface area contributed by atoms with Gasteiger partial charge in [0.1, 0.15) is 0 Å². The molecule has 0 heterocycles. The third-order valence-electron chi connectivity index (χ3n) is 1.27. The summed E-state index contributed by atoms with van der Waals surface area (Å²) in [6.45, 7) is 4.06. The molecule has 0 bridgehead atoms. The number of hydrogen-bond donors (Lipinski definition) is 1. The van der Waals surface area contributed by atoms with E-state index in [0.717, 1.165) is 6.42 Å². The first-order chi connectivity index (χ1) is 2.63. The van der Waals surface area contributed by atoms with Crippen LogP contribution in [0.2, 0.25) is 0 Å². The summed E-state index contributed by atoms with van der Waals surface area (Å²) in [5.41, 5.74) is 0.181. The molecule has 1 heteroatoms. The molecule has 1 aliphatic carbocycles. The van der Waals surface area contributed by atoms with Gasteiger partial charge in [0.05, 0.1) is 6.10 Å². The molecule has 0 amide bonds. The lowest BCUT2D eigenvalue weighted by atomic mass is 10.2. The number of hydrogen-bond acceptors (Lipinski definition) is 1. The van der Waals surface area contributed by atoms with Crippen molar-refractivity contribution in [2.75, 3.05) is 0 Å². The van der Waals surface area contributed by atoms with Crippen molar-refractivity contribution >= 4 is 0 Å². The molecule has 1 aliphatic rings. The fourth-order valence-corrected chi connectivity index (χ4v) is 0.374. The van der Waals surface area contributed by atoms with Crippen molar-refractivity contribution < 1.29 is 5.11 Å². The van der Waals surface area contributed by atoms with E-state index in [2.05, 4.69) is 0 Å². The van der Waals surface area contributed by atoms with Gasteiger partial charge in [-0.25, -0.2) is 0 Å². The normalized spacial score (nSPS) is 30.5. The van der Waals surface area contributed by atoms with Gasteiger partial charge >= 0.3 is 0 Å². The van der Waals surface area contributed by atoms with Crippen molar-refractivity contribution in [1.82, 2.24) is 0 Å².